The molecule has 3 rings (SSSR count). The van der Waals surface area contributed by atoms with E-state index in [0.717, 1.165) is 23.3 Å². The highest BCUT2D eigenvalue weighted by molar-refractivity contribution is 8.06. The molecule has 1 aliphatic rings. The van der Waals surface area contributed by atoms with E-state index < -0.39 is 0 Å². The Morgan fingerprint density at radius 1 is 1.26 bits per heavy atom. The molecular weight excluding hydrogens is 298 g/mol. The van der Waals surface area contributed by atoms with Gasteiger partial charge in [0.05, 0.1) is 5.52 Å². The van der Waals surface area contributed by atoms with Crippen LogP contribution in [0.5, 0.6) is 0 Å². The van der Waals surface area contributed by atoms with E-state index in [1.807, 2.05) is 47.8 Å². The third-order valence-corrected chi connectivity index (χ3v) is 5.97. The van der Waals surface area contributed by atoms with E-state index in [9.17, 15) is 0 Å². The van der Waals surface area contributed by atoms with Crippen LogP contribution in [0.1, 0.15) is 0 Å². The lowest BCUT2D eigenvalue weighted by Gasteiger charge is -2.21. The molecule has 1 saturated heterocycles. The summed E-state index contributed by atoms with van der Waals surface area (Å²) in [6.07, 6.45) is 0. The Morgan fingerprint density at radius 3 is 3.00 bits per heavy atom. The number of nitrogens with one attached hydrogen (secondary N) is 1. The summed E-state index contributed by atoms with van der Waals surface area (Å²) in [5.41, 5.74) is 0.885. The van der Waals surface area contributed by atoms with Crippen molar-refractivity contribution in [2.24, 2.45) is 0 Å². The summed E-state index contributed by atoms with van der Waals surface area (Å²) in [6, 6.07) is 7.94. The average Bonchev–Trinajstić information content (AvgIpc) is 2.45. The molecule has 19 heavy (non-hydrogen) atoms. The van der Waals surface area contributed by atoms with Crippen LogP contribution in [0, 0.1) is 0 Å². The predicted octanol–water partition coefficient (Wildman–Crippen LogP) is 3.54. The van der Waals surface area contributed by atoms with Gasteiger partial charge >= 0.3 is 0 Å². The molecule has 0 amide bonds. The van der Waals surface area contributed by atoms with Gasteiger partial charge in [0.25, 0.3) is 0 Å². The summed E-state index contributed by atoms with van der Waals surface area (Å²) in [6.45, 7) is 0.926. The van der Waals surface area contributed by atoms with Crippen LogP contribution in [0.4, 0.5) is 5.82 Å². The number of fused-ring (bicyclic) bond motifs is 1. The molecule has 0 aliphatic carbocycles. The van der Waals surface area contributed by atoms with Crippen LogP contribution in [0.25, 0.3) is 10.9 Å². The molecular formula is C13H14ClN3S2. The van der Waals surface area contributed by atoms with Crippen LogP contribution in [-0.4, -0.2) is 39.0 Å². The highest BCUT2D eigenvalue weighted by atomic mass is 35.5. The summed E-state index contributed by atoms with van der Waals surface area (Å²) in [4.78, 5) is 8.55. The van der Waals surface area contributed by atoms with E-state index in [1.54, 1.807) is 0 Å². The van der Waals surface area contributed by atoms with Gasteiger partial charge in [0.1, 0.15) is 5.82 Å². The summed E-state index contributed by atoms with van der Waals surface area (Å²) in [5.74, 6) is 4.55. The largest absolute Gasteiger partial charge is 0.368 e. The van der Waals surface area contributed by atoms with Crippen LogP contribution in [0.2, 0.25) is 5.28 Å². The molecule has 2 heterocycles. The fourth-order valence-electron chi connectivity index (χ4n) is 2.05. The smallest absolute Gasteiger partial charge is 0.224 e. The maximum Gasteiger partial charge on any atom is 0.224 e. The Hall–Kier alpha value is -0.650. The normalized spacial score (nSPS) is 19.5. The zero-order chi connectivity index (χ0) is 13.1. The van der Waals surface area contributed by atoms with E-state index in [1.165, 1.54) is 17.3 Å². The Bertz CT molecular complexity index is 573. The number of thioether (sulfide) groups is 2. The van der Waals surface area contributed by atoms with E-state index >= 15 is 0 Å². The van der Waals surface area contributed by atoms with Gasteiger partial charge in [0.2, 0.25) is 5.28 Å². The van der Waals surface area contributed by atoms with Crippen molar-refractivity contribution in [3.05, 3.63) is 29.5 Å². The van der Waals surface area contributed by atoms with Gasteiger partial charge in [0, 0.05) is 34.4 Å². The van der Waals surface area contributed by atoms with Gasteiger partial charge in [-0.15, -0.1) is 0 Å². The third-order valence-electron chi connectivity index (χ3n) is 2.96. The first-order valence-electron chi connectivity index (χ1n) is 6.18. The third kappa shape index (κ3) is 3.27. The fraction of sp³-hybridized carbons (Fsp3) is 0.385. The van der Waals surface area contributed by atoms with Crippen molar-refractivity contribution in [1.82, 2.24) is 9.97 Å². The topological polar surface area (TPSA) is 37.8 Å². The molecule has 3 nitrogen and oxygen atoms in total. The van der Waals surface area contributed by atoms with E-state index in [4.69, 9.17) is 11.6 Å². The van der Waals surface area contributed by atoms with Crippen molar-refractivity contribution >= 4 is 51.8 Å². The number of hydrogen-bond acceptors (Lipinski definition) is 5. The van der Waals surface area contributed by atoms with Gasteiger partial charge in [-0.25, -0.2) is 9.97 Å². The van der Waals surface area contributed by atoms with Crippen molar-refractivity contribution in [3.63, 3.8) is 0 Å². The zero-order valence-electron chi connectivity index (χ0n) is 10.3. The monoisotopic (exact) mass is 311 g/mol. The van der Waals surface area contributed by atoms with E-state index in [0.29, 0.717) is 10.5 Å². The van der Waals surface area contributed by atoms with Gasteiger partial charge in [-0.2, -0.15) is 23.5 Å². The summed E-state index contributed by atoms with van der Waals surface area (Å²) in [5, 5.41) is 5.40. The van der Waals surface area contributed by atoms with Crippen LogP contribution in [0.3, 0.4) is 0 Å². The summed E-state index contributed by atoms with van der Waals surface area (Å²) < 4.78 is 0. The number of halogens is 1. The predicted molar refractivity (Wildman–Crippen MR) is 86.6 cm³/mol. The Morgan fingerprint density at radius 2 is 2.16 bits per heavy atom. The molecule has 0 saturated carbocycles. The highest BCUT2D eigenvalue weighted by Crippen LogP contribution is 2.26. The highest BCUT2D eigenvalue weighted by Gasteiger charge is 2.15. The second-order valence-corrected chi connectivity index (χ2v) is 7.20. The van der Waals surface area contributed by atoms with Gasteiger partial charge in [0.15, 0.2) is 0 Å². The zero-order valence-corrected chi connectivity index (χ0v) is 12.7. The van der Waals surface area contributed by atoms with Crippen LogP contribution < -0.4 is 5.32 Å². The quantitative estimate of drug-likeness (QED) is 0.878. The number of benzene rings is 1. The van der Waals surface area contributed by atoms with Crippen molar-refractivity contribution < 1.29 is 0 Å². The van der Waals surface area contributed by atoms with Crippen molar-refractivity contribution in [3.8, 4) is 0 Å². The van der Waals surface area contributed by atoms with Gasteiger partial charge in [-0.05, 0) is 23.7 Å². The first-order chi connectivity index (χ1) is 9.33. The summed E-state index contributed by atoms with van der Waals surface area (Å²) in [7, 11) is 0. The molecule has 1 N–H and O–H groups in total. The first kappa shape index (κ1) is 13.3. The van der Waals surface area contributed by atoms with Gasteiger partial charge in [-0.3, -0.25) is 0 Å². The Kier molecular flexibility index (Phi) is 4.35. The minimum absolute atomic E-state index is 0.298. The number of nitrogens with zero attached hydrogens (tertiary/aromatic N) is 2. The van der Waals surface area contributed by atoms with E-state index in [-0.39, 0.29) is 0 Å². The Labute approximate surface area is 125 Å². The molecule has 1 fully saturated rings. The fourth-order valence-corrected chi connectivity index (χ4v) is 4.84. The van der Waals surface area contributed by atoms with E-state index in [2.05, 4.69) is 15.3 Å². The maximum absolute atomic E-state index is 5.97. The van der Waals surface area contributed by atoms with Crippen molar-refractivity contribution in [1.29, 1.82) is 0 Å². The van der Waals surface area contributed by atoms with Gasteiger partial charge < -0.3 is 5.32 Å². The van der Waals surface area contributed by atoms with Crippen LogP contribution in [0.15, 0.2) is 24.3 Å². The Balaban J connectivity index is 1.79. The van der Waals surface area contributed by atoms with Crippen molar-refractivity contribution in [2.45, 2.75) is 5.25 Å². The lowest BCUT2D eigenvalue weighted by Crippen LogP contribution is -2.23. The maximum atomic E-state index is 5.97. The molecule has 0 bridgehead atoms. The number of anilines is 1. The molecule has 2 aromatic rings. The minimum Gasteiger partial charge on any atom is -0.368 e. The molecule has 1 aromatic carbocycles. The lowest BCUT2D eigenvalue weighted by atomic mass is 10.2. The van der Waals surface area contributed by atoms with Crippen molar-refractivity contribution in [2.75, 3.05) is 29.1 Å². The number of rotatable bonds is 3. The van der Waals surface area contributed by atoms with Gasteiger partial charge in [-0.1, -0.05) is 12.1 Å². The molecule has 1 unspecified atom stereocenters. The second kappa shape index (κ2) is 6.20. The average molecular weight is 312 g/mol. The number of aromatic nitrogens is 2. The lowest BCUT2D eigenvalue weighted by molar-refractivity contribution is 0.993. The molecule has 0 radical (unpaired) electrons. The molecule has 1 aliphatic heterocycles. The molecule has 100 valence electrons. The minimum atomic E-state index is 0.298. The number of para-hydroxylation sites is 1. The van der Waals surface area contributed by atoms with Crippen LogP contribution >= 0.6 is 35.1 Å². The second-order valence-electron chi connectivity index (χ2n) is 4.31. The first-order valence-corrected chi connectivity index (χ1v) is 8.76. The standard InChI is InChI=1S/C13H14ClN3S2/c14-13-16-11-4-2-1-3-10(11)12(17-13)15-7-9-8-18-5-6-19-9/h1-4,9H,5-8H2,(H,15,16,17). The molecule has 0 spiro atoms. The summed E-state index contributed by atoms with van der Waals surface area (Å²) >= 11 is 10.0. The molecule has 1 aromatic heterocycles. The van der Waals surface area contributed by atoms with Crippen LogP contribution in [-0.2, 0) is 0 Å². The molecule has 1 atom stereocenters. The SMILES string of the molecule is Clc1nc(NCC2CSCCS2)c2ccccc2n1. The number of hydrogen-bond donors (Lipinski definition) is 1. The molecule has 6 heteroatoms.